The molecule has 1 heterocycles. The maximum absolute atomic E-state index is 12.8. The summed E-state index contributed by atoms with van der Waals surface area (Å²) in [7, 11) is 1.65. The van der Waals surface area contributed by atoms with Crippen LogP contribution in [-0.4, -0.2) is 59.8 Å². The monoisotopic (exact) mass is 418 g/mol. The predicted octanol–water partition coefficient (Wildman–Crippen LogP) is 2.34. The van der Waals surface area contributed by atoms with Crippen molar-refractivity contribution in [3.8, 4) is 11.5 Å². The van der Waals surface area contributed by atoms with E-state index in [1.165, 1.54) is 10.6 Å². The topological polar surface area (TPSA) is 76.2 Å². The fourth-order valence-electron chi connectivity index (χ4n) is 3.50. The minimum absolute atomic E-state index is 0.0916. The number of sulfonamides is 1. The summed E-state index contributed by atoms with van der Waals surface area (Å²) in [6, 6.07) is 10.9. The average molecular weight is 419 g/mol. The van der Waals surface area contributed by atoms with Crippen LogP contribution in [-0.2, 0) is 22.9 Å². The summed E-state index contributed by atoms with van der Waals surface area (Å²) in [5.74, 6) is 1.24. The second kappa shape index (κ2) is 8.32. The zero-order chi connectivity index (χ0) is 21.2. The maximum atomic E-state index is 12.8. The predicted molar refractivity (Wildman–Crippen MR) is 113 cm³/mol. The Labute approximate surface area is 171 Å². The van der Waals surface area contributed by atoms with Crippen molar-refractivity contribution in [2.75, 3.05) is 44.9 Å². The van der Waals surface area contributed by atoms with Crippen LogP contribution in [0.25, 0.3) is 0 Å². The molecule has 1 aliphatic heterocycles. The second-order valence-electron chi connectivity index (χ2n) is 7.09. The van der Waals surface area contributed by atoms with Crippen molar-refractivity contribution < 1.29 is 22.7 Å². The van der Waals surface area contributed by atoms with Gasteiger partial charge < -0.3 is 14.4 Å². The van der Waals surface area contributed by atoms with Crippen molar-refractivity contribution in [2.24, 2.45) is 0 Å². The number of likely N-dealkylation sites (N-methyl/N-ethyl adjacent to an activating group) is 1. The van der Waals surface area contributed by atoms with Gasteiger partial charge in [-0.05, 0) is 54.3 Å². The molecule has 0 fully saturated rings. The minimum atomic E-state index is -3.30. The number of fused-ring (bicyclic) bond motifs is 1. The first-order valence-corrected chi connectivity index (χ1v) is 11.2. The number of carbonyl (C=O) groups is 1. The Morgan fingerprint density at radius 1 is 1.10 bits per heavy atom. The molecule has 2 aromatic rings. The third-order valence-electron chi connectivity index (χ3n) is 5.11. The molecule has 0 saturated carbocycles. The summed E-state index contributed by atoms with van der Waals surface area (Å²) >= 11 is 0. The van der Waals surface area contributed by atoms with Crippen LogP contribution < -0.4 is 13.8 Å². The van der Waals surface area contributed by atoms with Gasteiger partial charge in [-0.2, -0.15) is 0 Å². The molecule has 0 N–H and O–H groups in total. The van der Waals surface area contributed by atoms with Gasteiger partial charge >= 0.3 is 0 Å². The molecular weight excluding hydrogens is 392 g/mol. The Balaban J connectivity index is 1.68. The molecule has 0 aromatic heterocycles. The quantitative estimate of drug-likeness (QED) is 0.690. The van der Waals surface area contributed by atoms with E-state index in [9.17, 15) is 13.2 Å². The first-order chi connectivity index (χ1) is 13.7. The first kappa shape index (κ1) is 21.0. The number of nitrogens with zero attached hydrogens (tertiary/aromatic N) is 2. The van der Waals surface area contributed by atoms with Gasteiger partial charge in [-0.25, -0.2) is 8.42 Å². The fourth-order valence-corrected chi connectivity index (χ4v) is 4.46. The van der Waals surface area contributed by atoms with Gasteiger partial charge in [0.2, 0.25) is 10.0 Å². The summed E-state index contributed by atoms with van der Waals surface area (Å²) in [6.07, 6.45) is 2.48. The van der Waals surface area contributed by atoms with Crippen LogP contribution in [0.5, 0.6) is 11.5 Å². The van der Waals surface area contributed by atoms with Crippen LogP contribution >= 0.6 is 0 Å². The number of methoxy groups -OCH3 is 2. The lowest BCUT2D eigenvalue weighted by Gasteiger charge is -2.19. The number of hydrogen-bond donors (Lipinski definition) is 0. The van der Waals surface area contributed by atoms with Crippen LogP contribution in [0.1, 0.15) is 21.5 Å². The molecule has 1 aliphatic rings. The van der Waals surface area contributed by atoms with E-state index in [1.54, 1.807) is 44.4 Å². The number of rotatable bonds is 7. The number of amides is 1. The normalized spacial score (nSPS) is 13.2. The molecule has 0 aliphatic carbocycles. The van der Waals surface area contributed by atoms with E-state index >= 15 is 0 Å². The summed E-state index contributed by atoms with van der Waals surface area (Å²) in [5, 5.41) is 0. The lowest BCUT2D eigenvalue weighted by molar-refractivity contribution is 0.0796. The van der Waals surface area contributed by atoms with Crippen LogP contribution in [0.15, 0.2) is 36.4 Å². The Morgan fingerprint density at radius 2 is 1.83 bits per heavy atom. The van der Waals surface area contributed by atoms with Crippen molar-refractivity contribution in [1.82, 2.24) is 4.90 Å². The molecule has 2 aromatic carbocycles. The molecule has 7 nitrogen and oxygen atoms in total. The van der Waals surface area contributed by atoms with E-state index < -0.39 is 10.0 Å². The molecule has 0 radical (unpaired) electrons. The minimum Gasteiger partial charge on any atom is -0.493 e. The Hall–Kier alpha value is -2.74. The third kappa shape index (κ3) is 4.48. The van der Waals surface area contributed by atoms with Crippen molar-refractivity contribution in [3.63, 3.8) is 0 Å². The smallest absolute Gasteiger partial charge is 0.253 e. The maximum Gasteiger partial charge on any atom is 0.253 e. The molecule has 1 amide bonds. The zero-order valence-corrected chi connectivity index (χ0v) is 18.0. The highest BCUT2D eigenvalue weighted by atomic mass is 32.2. The highest BCUT2D eigenvalue weighted by molar-refractivity contribution is 7.92. The number of anilines is 1. The van der Waals surface area contributed by atoms with Gasteiger partial charge in [0.15, 0.2) is 11.5 Å². The molecule has 0 spiro atoms. The molecule has 3 rings (SSSR count). The molecule has 0 saturated heterocycles. The number of ether oxygens (including phenoxy) is 2. The molecule has 8 heteroatoms. The lowest BCUT2D eigenvalue weighted by Crippen LogP contribution is -2.29. The second-order valence-corrected chi connectivity index (χ2v) is 9.00. The third-order valence-corrected chi connectivity index (χ3v) is 6.29. The summed E-state index contributed by atoms with van der Waals surface area (Å²) < 4.78 is 35.7. The highest BCUT2D eigenvalue weighted by Crippen LogP contribution is 2.31. The van der Waals surface area contributed by atoms with Crippen molar-refractivity contribution >= 4 is 21.6 Å². The van der Waals surface area contributed by atoms with Gasteiger partial charge in [-0.1, -0.05) is 6.07 Å². The van der Waals surface area contributed by atoms with Crippen LogP contribution in [0.3, 0.4) is 0 Å². The van der Waals surface area contributed by atoms with Gasteiger partial charge in [0.1, 0.15) is 0 Å². The fraction of sp³-hybridized carbons (Fsp3) is 0.381. The van der Waals surface area contributed by atoms with E-state index in [-0.39, 0.29) is 5.91 Å². The van der Waals surface area contributed by atoms with Gasteiger partial charge in [0.05, 0.1) is 26.2 Å². The largest absolute Gasteiger partial charge is 0.493 e. The van der Waals surface area contributed by atoms with Gasteiger partial charge in [-0.3, -0.25) is 9.10 Å². The lowest BCUT2D eigenvalue weighted by atomic mass is 10.1. The molecule has 0 bridgehead atoms. The molecule has 0 atom stereocenters. The van der Waals surface area contributed by atoms with Gasteiger partial charge in [-0.15, -0.1) is 0 Å². The Kier molecular flexibility index (Phi) is 6.02. The summed E-state index contributed by atoms with van der Waals surface area (Å²) in [6.45, 7) is 0.960. The Bertz CT molecular complexity index is 1020. The summed E-state index contributed by atoms with van der Waals surface area (Å²) in [4.78, 5) is 14.5. The van der Waals surface area contributed by atoms with E-state index in [0.717, 1.165) is 11.1 Å². The van der Waals surface area contributed by atoms with E-state index in [2.05, 4.69) is 0 Å². The van der Waals surface area contributed by atoms with E-state index in [0.29, 0.717) is 48.7 Å². The number of hydrogen-bond acceptors (Lipinski definition) is 5. The van der Waals surface area contributed by atoms with Crippen molar-refractivity contribution in [3.05, 3.63) is 53.1 Å². The number of carbonyl (C=O) groups excluding carboxylic acids is 1. The summed E-state index contributed by atoms with van der Waals surface area (Å²) in [5.41, 5.74) is 3.15. The van der Waals surface area contributed by atoms with Crippen LogP contribution in [0.2, 0.25) is 0 Å². The van der Waals surface area contributed by atoms with Gasteiger partial charge in [0.25, 0.3) is 5.91 Å². The molecule has 29 heavy (non-hydrogen) atoms. The van der Waals surface area contributed by atoms with E-state index in [4.69, 9.17) is 9.47 Å². The van der Waals surface area contributed by atoms with Gasteiger partial charge in [0, 0.05) is 25.7 Å². The van der Waals surface area contributed by atoms with E-state index in [1.807, 2.05) is 18.2 Å². The molecular formula is C21H26N2O5S. The van der Waals surface area contributed by atoms with Crippen molar-refractivity contribution in [2.45, 2.75) is 12.8 Å². The Morgan fingerprint density at radius 3 is 2.48 bits per heavy atom. The SMILES string of the molecule is COc1ccc(CCN(C)C(=O)c2ccc3c(c2)CCN3S(C)(=O)=O)cc1OC. The highest BCUT2D eigenvalue weighted by Gasteiger charge is 2.27. The number of benzene rings is 2. The first-order valence-electron chi connectivity index (χ1n) is 9.31. The molecule has 0 unspecified atom stereocenters. The van der Waals surface area contributed by atoms with Crippen molar-refractivity contribution in [1.29, 1.82) is 0 Å². The van der Waals surface area contributed by atoms with Crippen LogP contribution in [0.4, 0.5) is 5.69 Å². The molecule has 156 valence electrons. The van der Waals surface area contributed by atoms with Crippen LogP contribution in [0, 0.1) is 0 Å². The standard InChI is InChI=1S/C21H26N2O5S/c1-22(11-9-15-5-8-19(27-2)20(13-15)28-3)21(24)17-6-7-18-16(14-17)10-12-23(18)29(4,25)26/h5-8,13-14H,9-12H2,1-4H3. The zero-order valence-electron chi connectivity index (χ0n) is 17.1. The average Bonchev–Trinajstić information content (AvgIpc) is 3.14.